The summed E-state index contributed by atoms with van der Waals surface area (Å²) in [4.78, 5) is 18.4. The molecule has 0 radical (unpaired) electrons. The Morgan fingerprint density at radius 1 is 1.12 bits per heavy atom. The lowest BCUT2D eigenvalue weighted by Crippen LogP contribution is -2.43. The molecule has 0 bridgehead atoms. The van der Waals surface area contributed by atoms with E-state index >= 15 is 0 Å². The highest BCUT2D eigenvalue weighted by atomic mass is 35.5. The van der Waals surface area contributed by atoms with Gasteiger partial charge in [-0.25, -0.2) is 13.8 Å². The summed E-state index contributed by atoms with van der Waals surface area (Å²) in [6, 6.07) is 6.57. The molecule has 8 heteroatoms. The zero-order valence-corrected chi connectivity index (χ0v) is 13.6. The summed E-state index contributed by atoms with van der Waals surface area (Å²) in [5.74, 6) is -2.22. The molecule has 0 saturated carbocycles. The molecule has 24 heavy (non-hydrogen) atoms. The fourth-order valence-electron chi connectivity index (χ4n) is 2.40. The molecule has 1 saturated heterocycles. The first kappa shape index (κ1) is 18.1. The summed E-state index contributed by atoms with van der Waals surface area (Å²) in [7, 11) is 0. The molecule has 1 aliphatic heterocycles. The van der Waals surface area contributed by atoms with Crippen molar-refractivity contribution >= 4 is 29.8 Å². The number of hydrogen-bond acceptors (Lipinski definition) is 4. The van der Waals surface area contributed by atoms with Gasteiger partial charge in [0.25, 0.3) is 5.91 Å². The van der Waals surface area contributed by atoms with Gasteiger partial charge >= 0.3 is 0 Å². The van der Waals surface area contributed by atoms with E-state index in [-0.39, 0.29) is 18.0 Å². The Hall–Kier alpha value is -2.25. The highest BCUT2D eigenvalue weighted by Crippen LogP contribution is 2.16. The number of halogens is 3. The first-order valence-electron chi connectivity index (χ1n) is 7.31. The van der Waals surface area contributed by atoms with Crippen LogP contribution in [0.15, 0.2) is 36.5 Å². The Morgan fingerprint density at radius 3 is 2.50 bits per heavy atom. The van der Waals surface area contributed by atoms with Crippen LogP contribution in [0, 0.1) is 11.6 Å². The summed E-state index contributed by atoms with van der Waals surface area (Å²) in [5.41, 5.74) is 1.02. The molecule has 5 nitrogen and oxygen atoms in total. The number of piperazine rings is 1. The number of pyridine rings is 1. The standard InChI is InChI=1S/C16H16F2N4O.ClH/c17-13-3-1-11(9-14(13)18)16(23)21-15-4-2-12(10-20-15)22-7-5-19-6-8-22;/h1-4,9-10,19H,5-8H2,(H,20,21,23);1H. The van der Waals surface area contributed by atoms with Crippen molar-refractivity contribution in [2.24, 2.45) is 0 Å². The molecule has 1 amide bonds. The minimum absolute atomic E-state index is 0. The molecule has 1 fully saturated rings. The van der Waals surface area contributed by atoms with Crippen LogP contribution in [0.1, 0.15) is 10.4 Å². The zero-order valence-electron chi connectivity index (χ0n) is 12.8. The normalized spacial score (nSPS) is 14.0. The summed E-state index contributed by atoms with van der Waals surface area (Å²) in [6.07, 6.45) is 1.69. The first-order chi connectivity index (χ1) is 11.1. The summed E-state index contributed by atoms with van der Waals surface area (Å²) in [5, 5.41) is 5.84. The minimum atomic E-state index is -1.06. The molecule has 3 rings (SSSR count). The number of benzene rings is 1. The molecular weight excluding hydrogens is 338 g/mol. The van der Waals surface area contributed by atoms with Crippen LogP contribution in [0.4, 0.5) is 20.3 Å². The molecule has 0 unspecified atom stereocenters. The van der Waals surface area contributed by atoms with Crippen LogP contribution in [-0.4, -0.2) is 37.1 Å². The third kappa shape index (κ3) is 4.18. The molecule has 128 valence electrons. The van der Waals surface area contributed by atoms with Crippen LogP contribution < -0.4 is 15.5 Å². The smallest absolute Gasteiger partial charge is 0.256 e. The van der Waals surface area contributed by atoms with E-state index < -0.39 is 17.5 Å². The van der Waals surface area contributed by atoms with Crippen molar-refractivity contribution in [2.75, 3.05) is 36.4 Å². The van der Waals surface area contributed by atoms with Crippen molar-refractivity contribution < 1.29 is 13.6 Å². The quantitative estimate of drug-likeness (QED) is 0.889. The fourth-order valence-corrected chi connectivity index (χ4v) is 2.40. The second kappa shape index (κ2) is 8.03. The molecular formula is C16H17ClF2N4O. The molecule has 1 aliphatic rings. The van der Waals surface area contributed by atoms with Gasteiger partial charge in [0.15, 0.2) is 11.6 Å². The lowest BCUT2D eigenvalue weighted by atomic mass is 10.2. The zero-order chi connectivity index (χ0) is 16.2. The van der Waals surface area contributed by atoms with Crippen LogP contribution in [0.5, 0.6) is 0 Å². The molecule has 0 atom stereocenters. The Labute approximate surface area is 144 Å². The highest BCUT2D eigenvalue weighted by molar-refractivity contribution is 6.03. The van der Waals surface area contributed by atoms with E-state index in [4.69, 9.17) is 0 Å². The van der Waals surface area contributed by atoms with E-state index in [1.54, 1.807) is 12.3 Å². The number of amides is 1. The minimum Gasteiger partial charge on any atom is -0.368 e. The van der Waals surface area contributed by atoms with Crippen LogP contribution >= 0.6 is 12.4 Å². The number of anilines is 2. The maximum Gasteiger partial charge on any atom is 0.256 e. The molecule has 2 aromatic rings. The van der Waals surface area contributed by atoms with E-state index in [2.05, 4.69) is 20.5 Å². The number of nitrogens with zero attached hydrogens (tertiary/aromatic N) is 2. The van der Waals surface area contributed by atoms with Gasteiger partial charge in [0.05, 0.1) is 11.9 Å². The predicted octanol–water partition coefficient (Wildman–Crippen LogP) is 2.44. The van der Waals surface area contributed by atoms with Crippen molar-refractivity contribution in [1.29, 1.82) is 0 Å². The van der Waals surface area contributed by atoms with Crippen molar-refractivity contribution in [3.05, 3.63) is 53.7 Å². The van der Waals surface area contributed by atoms with Crippen molar-refractivity contribution in [3.8, 4) is 0 Å². The van der Waals surface area contributed by atoms with Crippen molar-refractivity contribution in [1.82, 2.24) is 10.3 Å². The average molecular weight is 355 g/mol. The summed E-state index contributed by atoms with van der Waals surface area (Å²) < 4.78 is 26.0. The molecule has 0 aliphatic carbocycles. The van der Waals surface area contributed by atoms with E-state index in [1.165, 1.54) is 6.07 Å². The number of carbonyl (C=O) groups excluding carboxylic acids is 1. The van der Waals surface area contributed by atoms with E-state index in [0.717, 1.165) is 44.0 Å². The van der Waals surface area contributed by atoms with Gasteiger partial charge in [-0.1, -0.05) is 0 Å². The van der Waals surface area contributed by atoms with Gasteiger partial charge < -0.3 is 15.5 Å². The van der Waals surface area contributed by atoms with E-state index in [0.29, 0.717) is 5.82 Å². The van der Waals surface area contributed by atoms with Crippen LogP contribution in [0.3, 0.4) is 0 Å². The molecule has 2 N–H and O–H groups in total. The lowest BCUT2D eigenvalue weighted by molar-refractivity contribution is 0.102. The predicted molar refractivity (Wildman–Crippen MR) is 90.9 cm³/mol. The van der Waals surface area contributed by atoms with E-state index in [9.17, 15) is 13.6 Å². The number of carbonyl (C=O) groups is 1. The average Bonchev–Trinajstić information content (AvgIpc) is 2.59. The van der Waals surface area contributed by atoms with Crippen molar-refractivity contribution in [2.45, 2.75) is 0 Å². The number of nitrogens with one attached hydrogen (secondary N) is 2. The molecule has 1 aromatic carbocycles. The Morgan fingerprint density at radius 2 is 1.88 bits per heavy atom. The topological polar surface area (TPSA) is 57.3 Å². The van der Waals surface area contributed by atoms with E-state index in [1.807, 2.05) is 6.07 Å². The third-order valence-electron chi connectivity index (χ3n) is 3.65. The molecule has 1 aromatic heterocycles. The van der Waals surface area contributed by atoms with Gasteiger partial charge in [0, 0.05) is 31.7 Å². The maximum atomic E-state index is 13.2. The molecule has 2 heterocycles. The van der Waals surface area contributed by atoms with Crippen LogP contribution in [0.2, 0.25) is 0 Å². The fraction of sp³-hybridized carbons (Fsp3) is 0.250. The largest absolute Gasteiger partial charge is 0.368 e. The SMILES string of the molecule is Cl.O=C(Nc1ccc(N2CCNCC2)cn1)c1ccc(F)c(F)c1. The third-order valence-corrected chi connectivity index (χ3v) is 3.65. The number of rotatable bonds is 3. The summed E-state index contributed by atoms with van der Waals surface area (Å²) >= 11 is 0. The lowest BCUT2D eigenvalue weighted by Gasteiger charge is -2.29. The second-order valence-electron chi connectivity index (χ2n) is 5.22. The van der Waals surface area contributed by atoms with Gasteiger partial charge in [-0.05, 0) is 30.3 Å². The van der Waals surface area contributed by atoms with Crippen LogP contribution in [-0.2, 0) is 0 Å². The van der Waals surface area contributed by atoms with Gasteiger partial charge in [-0.15, -0.1) is 12.4 Å². The van der Waals surface area contributed by atoms with Gasteiger partial charge in [0.2, 0.25) is 0 Å². The maximum absolute atomic E-state index is 13.2. The van der Waals surface area contributed by atoms with Gasteiger partial charge in [0.1, 0.15) is 5.82 Å². The second-order valence-corrected chi connectivity index (χ2v) is 5.22. The van der Waals surface area contributed by atoms with Gasteiger partial charge in [-0.2, -0.15) is 0 Å². The summed E-state index contributed by atoms with van der Waals surface area (Å²) in [6.45, 7) is 3.66. The van der Waals surface area contributed by atoms with Crippen molar-refractivity contribution in [3.63, 3.8) is 0 Å². The molecule has 0 spiro atoms. The Bertz CT molecular complexity index is 706. The Balaban J connectivity index is 0.00000208. The van der Waals surface area contributed by atoms with Gasteiger partial charge in [-0.3, -0.25) is 4.79 Å². The number of hydrogen-bond donors (Lipinski definition) is 2. The monoisotopic (exact) mass is 354 g/mol. The highest BCUT2D eigenvalue weighted by Gasteiger charge is 2.13. The first-order valence-corrected chi connectivity index (χ1v) is 7.31. The Kier molecular flexibility index (Phi) is 6.05. The number of aromatic nitrogens is 1. The van der Waals surface area contributed by atoms with Crippen LogP contribution in [0.25, 0.3) is 0 Å².